The second-order valence-electron chi connectivity index (χ2n) is 4.68. The fourth-order valence-electron chi connectivity index (χ4n) is 1.96. The molecule has 0 atom stereocenters. The molecule has 22 heavy (non-hydrogen) atoms. The Hall–Kier alpha value is -2.27. The predicted molar refractivity (Wildman–Crippen MR) is 85.5 cm³/mol. The fourth-order valence-corrected chi connectivity index (χ4v) is 2.23. The highest BCUT2D eigenvalue weighted by atomic mass is 79.9. The molecule has 112 valence electrons. The van der Waals surface area contributed by atoms with Gasteiger partial charge in [0.2, 0.25) is 6.79 Å². The summed E-state index contributed by atoms with van der Waals surface area (Å²) in [4.78, 5) is 11.7. The number of hydrogen-bond donors (Lipinski definition) is 0. The molecule has 0 N–H and O–H groups in total. The summed E-state index contributed by atoms with van der Waals surface area (Å²) in [7, 11) is 0. The zero-order valence-corrected chi connectivity index (χ0v) is 13.2. The summed E-state index contributed by atoms with van der Waals surface area (Å²) in [6.45, 7) is 0.481. The van der Waals surface area contributed by atoms with Gasteiger partial charge in [-0.05, 0) is 41.5 Å². The average Bonchev–Trinajstić information content (AvgIpc) is 3.00. The molecule has 1 aliphatic rings. The van der Waals surface area contributed by atoms with E-state index >= 15 is 0 Å². The van der Waals surface area contributed by atoms with Crippen LogP contribution in [0.25, 0.3) is 6.08 Å². The van der Waals surface area contributed by atoms with E-state index in [-0.39, 0.29) is 19.4 Å². The first-order valence-electron chi connectivity index (χ1n) is 6.70. The Labute approximate surface area is 136 Å². The lowest BCUT2D eigenvalue weighted by Gasteiger charge is -2.02. The minimum atomic E-state index is -0.388. The first-order chi connectivity index (χ1) is 10.7. The summed E-state index contributed by atoms with van der Waals surface area (Å²) >= 11 is 3.36. The Kier molecular flexibility index (Phi) is 4.44. The van der Waals surface area contributed by atoms with E-state index < -0.39 is 0 Å². The molecular weight excluding hydrogens is 348 g/mol. The van der Waals surface area contributed by atoms with Crippen LogP contribution in [0.3, 0.4) is 0 Å². The number of halogens is 1. The van der Waals surface area contributed by atoms with Crippen molar-refractivity contribution < 1.29 is 19.0 Å². The van der Waals surface area contributed by atoms with Crippen LogP contribution in [-0.2, 0) is 16.1 Å². The number of carbonyl (C=O) groups excluding carboxylic acids is 1. The Bertz CT molecular complexity index is 707. The van der Waals surface area contributed by atoms with E-state index in [0.717, 1.165) is 21.3 Å². The number of carbonyl (C=O) groups is 1. The zero-order valence-electron chi connectivity index (χ0n) is 11.6. The van der Waals surface area contributed by atoms with Gasteiger partial charge in [-0.15, -0.1) is 0 Å². The third-order valence-corrected chi connectivity index (χ3v) is 3.63. The van der Waals surface area contributed by atoms with Gasteiger partial charge in [0.05, 0.1) is 0 Å². The molecule has 0 saturated carbocycles. The number of ether oxygens (including phenoxy) is 3. The van der Waals surface area contributed by atoms with Crippen molar-refractivity contribution in [3.05, 3.63) is 64.1 Å². The van der Waals surface area contributed by atoms with Gasteiger partial charge >= 0.3 is 5.97 Å². The molecule has 0 aliphatic carbocycles. The van der Waals surface area contributed by atoms with Gasteiger partial charge < -0.3 is 14.2 Å². The maximum Gasteiger partial charge on any atom is 0.331 e. The highest BCUT2D eigenvalue weighted by molar-refractivity contribution is 9.10. The Balaban J connectivity index is 1.56. The van der Waals surface area contributed by atoms with Gasteiger partial charge in [-0.3, -0.25) is 0 Å². The average molecular weight is 361 g/mol. The molecule has 0 fully saturated rings. The van der Waals surface area contributed by atoms with Crippen molar-refractivity contribution in [2.75, 3.05) is 6.79 Å². The monoisotopic (exact) mass is 360 g/mol. The number of rotatable bonds is 4. The van der Waals surface area contributed by atoms with Gasteiger partial charge in [0.25, 0.3) is 0 Å². The topological polar surface area (TPSA) is 44.8 Å². The van der Waals surface area contributed by atoms with E-state index in [1.54, 1.807) is 6.08 Å². The molecular formula is C17H13BrO4. The molecule has 3 rings (SSSR count). The molecule has 1 aliphatic heterocycles. The van der Waals surface area contributed by atoms with Crippen LogP contribution in [0.2, 0.25) is 0 Å². The first kappa shape index (κ1) is 14.7. The molecule has 0 amide bonds. The van der Waals surface area contributed by atoms with Crippen LogP contribution >= 0.6 is 15.9 Å². The van der Waals surface area contributed by atoms with Gasteiger partial charge in [-0.2, -0.15) is 0 Å². The maximum absolute atomic E-state index is 11.7. The maximum atomic E-state index is 11.7. The smallest absolute Gasteiger partial charge is 0.331 e. The van der Waals surface area contributed by atoms with E-state index in [0.29, 0.717) is 5.75 Å². The van der Waals surface area contributed by atoms with E-state index in [2.05, 4.69) is 15.9 Å². The summed E-state index contributed by atoms with van der Waals surface area (Å²) in [5.41, 5.74) is 1.79. The molecule has 2 aromatic carbocycles. The molecule has 1 heterocycles. The van der Waals surface area contributed by atoms with Gasteiger partial charge in [0, 0.05) is 10.5 Å². The SMILES string of the molecule is O=C(/C=C/c1ccc2c(c1)OCO2)OCc1ccc(Br)cc1. The number of hydrogen-bond acceptors (Lipinski definition) is 4. The van der Waals surface area contributed by atoms with Gasteiger partial charge in [0.15, 0.2) is 11.5 Å². The van der Waals surface area contributed by atoms with E-state index in [1.165, 1.54) is 6.08 Å². The molecule has 2 aromatic rings. The highest BCUT2D eigenvalue weighted by Gasteiger charge is 2.12. The van der Waals surface area contributed by atoms with E-state index in [9.17, 15) is 4.79 Å². The van der Waals surface area contributed by atoms with Crippen molar-refractivity contribution in [1.82, 2.24) is 0 Å². The van der Waals surface area contributed by atoms with Crippen molar-refractivity contribution >= 4 is 28.0 Å². The quantitative estimate of drug-likeness (QED) is 0.611. The number of fused-ring (bicyclic) bond motifs is 1. The summed E-state index contributed by atoms with van der Waals surface area (Å²) in [5, 5.41) is 0. The lowest BCUT2D eigenvalue weighted by atomic mass is 10.2. The number of esters is 1. The minimum Gasteiger partial charge on any atom is -0.458 e. The molecule has 0 aromatic heterocycles. The van der Waals surface area contributed by atoms with Crippen molar-refractivity contribution in [1.29, 1.82) is 0 Å². The summed E-state index contributed by atoms with van der Waals surface area (Å²) in [5.74, 6) is 1.01. The summed E-state index contributed by atoms with van der Waals surface area (Å²) in [6.07, 6.45) is 3.09. The standard InChI is InChI=1S/C17H13BrO4/c18-14-5-1-13(2-6-14)10-20-17(19)8-4-12-3-7-15-16(9-12)22-11-21-15/h1-9H,10-11H2/b8-4+. The second kappa shape index (κ2) is 6.66. The summed E-state index contributed by atoms with van der Waals surface area (Å²) in [6, 6.07) is 13.1. The number of benzene rings is 2. The third kappa shape index (κ3) is 3.68. The van der Waals surface area contributed by atoms with Crippen LogP contribution in [0.4, 0.5) is 0 Å². The molecule has 5 heteroatoms. The molecule has 0 bridgehead atoms. The lowest BCUT2D eigenvalue weighted by molar-refractivity contribution is -0.138. The normalized spacial score (nSPS) is 12.6. The van der Waals surface area contributed by atoms with Crippen LogP contribution < -0.4 is 9.47 Å². The summed E-state index contributed by atoms with van der Waals surface area (Å²) < 4.78 is 16.7. The lowest BCUT2D eigenvalue weighted by Crippen LogP contribution is -2.00. The Morgan fingerprint density at radius 1 is 1.14 bits per heavy atom. The Morgan fingerprint density at radius 2 is 1.91 bits per heavy atom. The van der Waals surface area contributed by atoms with Crippen LogP contribution in [-0.4, -0.2) is 12.8 Å². The van der Waals surface area contributed by atoms with Gasteiger partial charge in [-0.25, -0.2) is 4.79 Å². The molecule has 0 saturated heterocycles. The predicted octanol–water partition coefficient (Wildman–Crippen LogP) is 3.93. The Morgan fingerprint density at radius 3 is 2.73 bits per heavy atom. The second-order valence-corrected chi connectivity index (χ2v) is 5.60. The first-order valence-corrected chi connectivity index (χ1v) is 7.49. The molecule has 4 nitrogen and oxygen atoms in total. The molecule has 0 radical (unpaired) electrons. The van der Waals surface area contributed by atoms with Crippen LogP contribution in [0.1, 0.15) is 11.1 Å². The van der Waals surface area contributed by atoms with Crippen molar-refractivity contribution in [3.8, 4) is 11.5 Å². The van der Waals surface area contributed by atoms with Gasteiger partial charge in [0.1, 0.15) is 6.61 Å². The van der Waals surface area contributed by atoms with E-state index in [4.69, 9.17) is 14.2 Å². The highest BCUT2D eigenvalue weighted by Crippen LogP contribution is 2.32. The van der Waals surface area contributed by atoms with Crippen LogP contribution in [0, 0.1) is 0 Å². The molecule has 0 unspecified atom stereocenters. The van der Waals surface area contributed by atoms with Gasteiger partial charge in [-0.1, -0.05) is 34.1 Å². The van der Waals surface area contributed by atoms with Crippen molar-refractivity contribution in [2.24, 2.45) is 0 Å². The van der Waals surface area contributed by atoms with Crippen LogP contribution in [0.5, 0.6) is 11.5 Å². The largest absolute Gasteiger partial charge is 0.458 e. The van der Waals surface area contributed by atoms with Crippen LogP contribution in [0.15, 0.2) is 53.0 Å². The third-order valence-electron chi connectivity index (χ3n) is 3.10. The zero-order chi connectivity index (χ0) is 15.4. The molecule has 0 spiro atoms. The van der Waals surface area contributed by atoms with Crippen molar-refractivity contribution in [3.63, 3.8) is 0 Å². The fraction of sp³-hybridized carbons (Fsp3) is 0.118. The van der Waals surface area contributed by atoms with Crippen molar-refractivity contribution in [2.45, 2.75) is 6.61 Å². The minimum absolute atomic E-state index is 0.234. The van der Waals surface area contributed by atoms with E-state index in [1.807, 2.05) is 42.5 Å².